The van der Waals surface area contributed by atoms with E-state index in [9.17, 15) is 9.59 Å². The first-order chi connectivity index (χ1) is 11.6. The van der Waals surface area contributed by atoms with E-state index in [1.165, 1.54) is 16.7 Å². The summed E-state index contributed by atoms with van der Waals surface area (Å²) in [7, 11) is 0. The molecular formula is C18H18ClNO3S. The SMILES string of the molecule is CCOC(=O)CN(C(=O)CSc1ccccc1Cl)c1ccccc1. The van der Waals surface area contributed by atoms with Crippen LogP contribution in [-0.2, 0) is 14.3 Å². The van der Waals surface area contributed by atoms with Crippen LogP contribution in [0.1, 0.15) is 6.92 Å². The number of rotatable bonds is 7. The average molecular weight is 364 g/mol. The van der Waals surface area contributed by atoms with Crippen molar-refractivity contribution in [2.45, 2.75) is 11.8 Å². The van der Waals surface area contributed by atoms with Gasteiger partial charge in [-0.15, -0.1) is 11.8 Å². The molecule has 0 aliphatic carbocycles. The molecule has 0 saturated heterocycles. The molecule has 4 nitrogen and oxygen atoms in total. The van der Waals surface area contributed by atoms with Gasteiger partial charge in [0.2, 0.25) is 5.91 Å². The first-order valence-corrected chi connectivity index (χ1v) is 8.86. The highest BCUT2D eigenvalue weighted by Crippen LogP contribution is 2.27. The van der Waals surface area contributed by atoms with Crippen molar-refractivity contribution in [3.63, 3.8) is 0 Å². The van der Waals surface area contributed by atoms with Crippen molar-refractivity contribution < 1.29 is 14.3 Å². The Morgan fingerprint density at radius 1 is 1.08 bits per heavy atom. The minimum atomic E-state index is -0.433. The van der Waals surface area contributed by atoms with Gasteiger partial charge in [-0.25, -0.2) is 0 Å². The van der Waals surface area contributed by atoms with Crippen LogP contribution in [0.25, 0.3) is 0 Å². The molecule has 0 heterocycles. The molecule has 0 aromatic heterocycles. The van der Waals surface area contributed by atoms with Crippen molar-refractivity contribution in [3.05, 3.63) is 59.6 Å². The molecule has 0 radical (unpaired) electrons. The number of hydrogen-bond acceptors (Lipinski definition) is 4. The molecule has 0 unspecified atom stereocenters. The van der Waals surface area contributed by atoms with Crippen molar-refractivity contribution in [1.82, 2.24) is 0 Å². The van der Waals surface area contributed by atoms with Crippen LogP contribution in [0.15, 0.2) is 59.5 Å². The minimum absolute atomic E-state index is 0.111. The number of carbonyl (C=O) groups is 2. The molecule has 126 valence electrons. The quantitative estimate of drug-likeness (QED) is 0.550. The van der Waals surface area contributed by atoms with E-state index in [4.69, 9.17) is 16.3 Å². The highest BCUT2D eigenvalue weighted by Gasteiger charge is 2.20. The predicted molar refractivity (Wildman–Crippen MR) is 97.6 cm³/mol. The Bertz CT molecular complexity index is 694. The summed E-state index contributed by atoms with van der Waals surface area (Å²) in [6, 6.07) is 16.4. The smallest absolute Gasteiger partial charge is 0.326 e. The Kier molecular flexibility index (Phi) is 7.15. The summed E-state index contributed by atoms with van der Waals surface area (Å²) in [5.41, 5.74) is 0.662. The van der Waals surface area contributed by atoms with Crippen LogP contribution in [0, 0.1) is 0 Å². The number of ether oxygens (including phenoxy) is 1. The molecule has 0 N–H and O–H groups in total. The number of halogens is 1. The van der Waals surface area contributed by atoms with E-state index < -0.39 is 5.97 Å². The number of hydrogen-bond donors (Lipinski definition) is 0. The molecule has 1 amide bonds. The van der Waals surface area contributed by atoms with Gasteiger partial charge in [0.15, 0.2) is 0 Å². The fraction of sp³-hybridized carbons (Fsp3) is 0.222. The fourth-order valence-corrected chi connectivity index (χ4v) is 3.16. The zero-order chi connectivity index (χ0) is 17.4. The van der Waals surface area contributed by atoms with Gasteiger partial charge in [-0.2, -0.15) is 0 Å². The van der Waals surface area contributed by atoms with Gasteiger partial charge in [0.25, 0.3) is 0 Å². The van der Waals surface area contributed by atoms with Crippen molar-refractivity contribution in [1.29, 1.82) is 0 Å². The van der Waals surface area contributed by atoms with Crippen molar-refractivity contribution in [2.24, 2.45) is 0 Å². The number of carbonyl (C=O) groups excluding carboxylic acids is 2. The number of amides is 1. The van der Waals surface area contributed by atoms with Crippen LogP contribution in [-0.4, -0.2) is 30.8 Å². The molecule has 0 saturated carbocycles. The second kappa shape index (κ2) is 9.35. The fourth-order valence-electron chi connectivity index (χ4n) is 2.05. The third kappa shape index (κ3) is 5.28. The normalized spacial score (nSPS) is 10.2. The van der Waals surface area contributed by atoms with Crippen LogP contribution in [0.4, 0.5) is 5.69 Å². The standard InChI is InChI=1S/C18H18ClNO3S/c1-2-23-18(22)12-20(14-8-4-3-5-9-14)17(21)13-24-16-11-7-6-10-15(16)19/h3-11H,2,12-13H2,1H3. The van der Waals surface area contributed by atoms with Gasteiger partial charge in [0, 0.05) is 10.6 Å². The van der Waals surface area contributed by atoms with Crippen LogP contribution >= 0.6 is 23.4 Å². The largest absolute Gasteiger partial charge is 0.465 e. The van der Waals surface area contributed by atoms with Crippen molar-refractivity contribution >= 4 is 40.9 Å². The second-order valence-electron chi connectivity index (χ2n) is 4.84. The number of benzene rings is 2. The monoisotopic (exact) mass is 363 g/mol. The number of anilines is 1. The maximum absolute atomic E-state index is 12.6. The summed E-state index contributed by atoms with van der Waals surface area (Å²) in [5, 5.41) is 0.604. The predicted octanol–water partition coefficient (Wildman–Crippen LogP) is 4.03. The van der Waals surface area contributed by atoms with Gasteiger partial charge in [0.05, 0.1) is 17.4 Å². The average Bonchev–Trinajstić information content (AvgIpc) is 2.60. The summed E-state index contributed by atoms with van der Waals surface area (Å²) in [5.74, 6) is -0.436. The minimum Gasteiger partial charge on any atom is -0.465 e. The maximum atomic E-state index is 12.6. The van der Waals surface area contributed by atoms with Gasteiger partial charge in [-0.3, -0.25) is 9.59 Å². The maximum Gasteiger partial charge on any atom is 0.326 e. The lowest BCUT2D eigenvalue weighted by Gasteiger charge is -2.21. The number of esters is 1. The van der Waals surface area contributed by atoms with Gasteiger partial charge in [-0.05, 0) is 31.2 Å². The topological polar surface area (TPSA) is 46.6 Å². The van der Waals surface area contributed by atoms with Gasteiger partial charge < -0.3 is 9.64 Å². The van der Waals surface area contributed by atoms with Crippen molar-refractivity contribution in [2.75, 3.05) is 23.8 Å². The molecule has 2 rings (SSSR count). The van der Waals surface area contributed by atoms with Crippen LogP contribution < -0.4 is 4.90 Å². The first kappa shape index (κ1) is 18.4. The van der Waals surface area contributed by atoms with E-state index in [1.54, 1.807) is 25.1 Å². The Labute approximate surface area is 150 Å². The lowest BCUT2D eigenvalue weighted by atomic mass is 10.3. The summed E-state index contributed by atoms with van der Waals surface area (Å²) in [6.07, 6.45) is 0. The molecule has 0 aliphatic heterocycles. The highest BCUT2D eigenvalue weighted by atomic mass is 35.5. The Hall–Kier alpha value is -1.98. The lowest BCUT2D eigenvalue weighted by Crippen LogP contribution is -2.37. The summed E-state index contributed by atoms with van der Waals surface area (Å²) < 4.78 is 4.97. The van der Waals surface area contributed by atoms with Crippen LogP contribution in [0.2, 0.25) is 5.02 Å². The van der Waals surface area contributed by atoms with E-state index >= 15 is 0 Å². The van der Waals surface area contributed by atoms with E-state index in [2.05, 4.69) is 0 Å². The summed E-state index contributed by atoms with van der Waals surface area (Å²) in [6.45, 7) is 1.91. The molecule has 0 fully saturated rings. The molecule has 0 atom stereocenters. The van der Waals surface area contributed by atoms with E-state index in [-0.39, 0.29) is 24.8 Å². The molecule has 24 heavy (non-hydrogen) atoms. The Morgan fingerprint density at radius 2 is 1.75 bits per heavy atom. The number of nitrogens with zero attached hydrogens (tertiary/aromatic N) is 1. The second-order valence-corrected chi connectivity index (χ2v) is 6.26. The number of para-hydroxylation sites is 1. The van der Waals surface area contributed by atoms with Crippen LogP contribution in [0.3, 0.4) is 0 Å². The molecule has 6 heteroatoms. The van der Waals surface area contributed by atoms with Gasteiger partial charge in [-0.1, -0.05) is 41.9 Å². The zero-order valence-corrected chi connectivity index (χ0v) is 14.8. The Morgan fingerprint density at radius 3 is 2.42 bits per heavy atom. The molecule has 0 aliphatic rings. The molecular weight excluding hydrogens is 346 g/mol. The van der Waals surface area contributed by atoms with E-state index in [0.717, 1.165) is 4.90 Å². The highest BCUT2D eigenvalue weighted by molar-refractivity contribution is 8.00. The van der Waals surface area contributed by atoms with Gasteiger partial charge >= 0.3 is 5.97 Å². The third-order valence-corrected chi connectivity index (χ3v) is 4.65. The van der Waals surface area contributed by atoms with Crippen LogP contribution in [0.5, 0.6) is 0 Å². The van der Waals surface area contributed by atoms with E-state index in [0.29, 0.717) is 10.7 Å². The molecule has 0 spiro atoms. The lowest BCUT2D eigenvalue weighted by molar-refractivity contribution is -0.142. The Balaban J connectivity index is 2.09. The third-order valence-electron chi connectivity index (χ3n) is 3.15. The zero-order valence-electron chi connectivity index (χ0n) is 13.3. The van der Waals surface area contributed by atoms with Gasteiger partial charge in [0.1, 0.15) is 6.54 Å². The van der Waals surface area contributed by atoms with E-state index in [1.807, 2.05) is 36.4 Å². The molecule has 2 aromatic rings. The summed E-state index contributed by atoms with van der Waals surface area (Å²) in [4.78, 5) is 26.7. The summed E-state index contributed by atoms with van der Waals surface area (Å²) >= 11 is 7.45. The van der Waals surface area contributed by atoms with Crippen molar-refractivity contribution in [3.8, 4) is 0 Å². The molecule has 0 bridgehead atoms. The first-order valence-electron chi connectivity index (χ1n) is 7.50. The molecule has 2 aromatic carbocycles. The number of thioether (sulfide) groups is 1.